The summed E-state index contributed by atoms with van der Waals surface area (Å²) >= 11 is 0. The van der Waals surface area contributed by atoms with Gasteiger partial charge in [0.2, 0.25) is 11.8 Å². The molecule has 0 aliphatic carbocycles. The summed E-state index contributed by atoms with van der Waals surface area (Å²) in [4.78, 5) is 29.8. The topological polar surface area (TPSA) is 52.7 Å². The maximum atomic E-state index is 13.3. The van der Waals surface area contributed by atoms with Gasteiger partial charge in [-0.1, -0.05) is 30.3 Å². The number of nitrogens with zero attached hydrogens (tertiary/aromatic N) is 2. The third kappa shape index (κ3) is 6.05. The zero-order chi connectivity index (χ0) is 20.9. The molecule has 1 spiro atoms. The number of aryl methyl sites for hydroxylation is 1. The van der Waals surface area contributed by atoms with Crippen LogP contribution in [0.2, 0.25) is 0 Å². The van der Waals surface area contributed by atoms with Crippen LogP contribution in [0.5, 0.6) is 0 Å². The first-order valence-corrected chi connectivity index (χ1v) is 11.1. The number of nitrogens with one attached hydrogen (secondary N) is 1. The van der Waals surface area contributed by atoms with E-state index in [9.17, 15) is 9.59 Å². The number of hydrogen-bond acceptors (Lipinski definition) is 3. The quantitative estimate of drug-likeness (QED) is 0.766. The van der Waals surface area contributed by atoms with E-state index < -0.39 is 0 Å². The van der Waals surface area contributed by atoms with Crippen LogP contribution in [-0.4, -0.2) is 59.9 Å². The van der Waals surface area contributed by atoms with Crippen molar-refractivity contribution in [1.82, 2.24) is 15.1 Å². The van der Waals surface area contributed by atoms with Crippen molar-refractivity contribution in [3.05, 3.63) is 35.9 Å². The molecule has 1 aromatic carbocycles. The van der Waals surface area contributed by atoms with E-state index in [1.807, 2.05) is 26.8 Å². The number of hydrogen-bond donors (Lipinski definition) is 1. The predicted octanol–water partition coefficient (Wildman–Crippen LogP) is 3.24. The van der Waals surface area contributed by atoms with Crippen molar-refractivity contribution in [1.29, 1.82) is 0 Å². The summed E-state index contributed by atoms with van der Waals surface area (Å²) in [5.41, 5.74) is 0.932. The molecule has 3 rings (SSSR count). The summed E-state index contributed by atoms with van der Waals surface area (Å²) in [6.07, 6.45) is 5.56. The summed E-state index contributed by atoms with van der Waals surface area (Å²) in [5.74, 6) is 0.439. The first-order valence-electron chi connectivity index (χ1n) is 11.1. The smallest absolute Gasteiger partial charge is 0.230 e. The Bertz CT molecular complexity index is 698. The standard InChI is InChI=1S/C24H37N3O2/c1-23(2,3)25-21(28)12-17-26-18-14-24(19-26)13-8-16-27(22(24)29)15-7-11-20-9-5-4-6-10-20/h4-6,9-10H,7-8,11-19H2,1-3H3,(H,25,28)/t24-/m0/s1. The van der Waals surface area contributed by atoms with Gasteiger partial charge in [0.05, 0.1) is 5.41 Å². The number of amides is 2. The van der Waals surface area contributed by atoms with E-state index in [4.69, 9.17) is 0 Å². The Hall–Kier alpha value is -1.88. The van der Waals surface area contributed by atoms with E-state index in [1.54, 1.807) is 0 Å². The highest BCUT2D eigenvalue weighted by Gasteiger charge is 2.47. The Balaban J connectivity index is 1.47. The fourth-order valence-electron chi connectivity index (χ4n) is 4.75. The molecular formula is C24H37N3O2. The Kier molecular flexibility index (Phi) is 6.99. The van der Waals surface area contributed by atoms with Gasteiger partial charge in [0.1, 0.15) is 0 Å². The maximum absolute atomic E-state index is 13.3. The number of carbonyl (C=O) groups is 2. The molecular weight excluding hydrogens is 362 g/mol. The number of carbonyl (C=O) groups excluding carboxylic acids is 2. The fourth-order valence-corrected chi connectivity index (χ4v) is 4.75. The lowest BCUT2D eigenvalue weighted by molar-refractivity contribution is -0.145. The van der Waals surface area contributed by atoms with Gasteiger partial charge in [0.25, 0.3) is 0 Å². The monoisotopic (exact) mass is 399 g/mol. The molecule has 5 heteroatoms. The highest BCUT2D eigenvalue weighted by molar-refractivity contribution is 5.84. The van der Waals surface area contributed by atoms with E-state index in [0.29, 0.717) is 12.3 Å². The molecule has 2 fully saturated rings. The van der Waals surface area contributed by atoms with Gasteiger partial charge in [0, 0.05) is 38.1 Å². The van der Waals surface area contributed by atoms with Crippen LogP contribution in [0.15, 0.2) is 30.3 Å². The molecule has 1 atom stereocenters. The van der Waals surface area contributed by atoms with E-state index in [1.165, 1.54) is 5.56 Å². The van der Waals surface area contributed by atoms with Gasteiger partial charge in [-0.05, 0) is 65.0 Å². The number of rotatable bonds is 7. The number of piperidine rings is 1. The van der Waals surface area contributed by atoms with Crippen LogP contribution in [-0.2, 0) is 16.0 Å². The second-order valence-corrected chi connectivity index (χ2v) is 9.84. The molecule has 5 nitrogen and oxygen atoms in total. The molecule has 1 aromatic rings. The molecule has 160 valence electrons. The van der Waals surface area contributed by atoms with E-state index in [2.05, 4.69) is 39.4 Å². The molecule has 2 amide bonds. The van der Waals surface area contributed by atoms with Crippen molar-refractivity contribution >= 4 is 11.8 Å². The largest absolute Gasteiger partial charge is 0.351 e. The minimum absolute atomic E-state index is 0.0935. The van der Waals surface area contributed by atoms with Crippen LogP contribution < -0.4 is 5.32 Å². The average Bonchev–Trinajstić information content (AvgIpc) is 3.07. The van der Waals surface area contributed by atoms with Crippen molar-refractivity contribution < 1.29 is 9.59 Å². The highest BCUT2D eigenvalue weighted by atomic mass is 16.2. The fraction of sp³-hybridized carbons (Fsp3) is 0.667. The molecule has 0 unspecified atom stereocenters. The van der Waals surface area contributed by atoms with E-state index >= 15 is 0 Å². The lowest BCUT2D eigenvalue weighted by Gasteiger charge is -2.39. The van der Waals surface area contributed by atoms with Gasteiger partial charge < -0.3 is 15.1 Å². The van der Waals surface area contributed by atoms with Gasteiger partial charge >= 0.3 is 0 Å². The zero-order valence-electron chi connectivity index (χ0n) is 18.4. The SMILES string of the molecule is CC(C)(C)NC(=O)CCN1CC[C@@]2(CCCN(CCCc3ccccc3)C2=O)C1. The maximum Gasteiger partial charge on any atom is 0.230 e. The molecule has 2 aliphatic rings. The summed E-state index contributed by atoms with van der Waals surface area (Å²) in [7, 11) is 0. The zero-order valence-corrected chi connectivity index (χ0v) is 18.4. The van der Waals surface area contributed by atoms with Crippen LogP contribution >= 0.6 is 0 Å². The van der Waals surface area contributed by atoms with Crippen LogP contribution in [0.1, 0.15) is 58.4 Å². The average molecular weight is 400 g/mol. The van der Waals surface area contributed by atoms with Crippen LogP contribution in [0, 0.1) is 5.41 Å². The van der Waals surface area contributed by atoms with Gasteiger partial charge in [-0.3, -0.25) is 9.59 Å². The molecule has 2 aliphatic heterocycles. The predicted molar refractivity (Wildman–Crippen MR) is 117 cm³/mol. The Morgan fingerprint density at radius 2 is 1.86 bits per heavy atom. The van der Waals surface area contributed by atoms with Gasteiger partial charge in [-0.25, -0.2) is 0 Å². The molecule has 2 heterocycles. The van der Waals surface area contributed by atoms with Crippen LogP contribution in [0.25, 0.3) is 0 Å². The highest BCUT2D eigenvalue weighted by Crippen LogP contribution is 2.40. The third-order valence-corrected chi connectivity index (χ3v) is 6.16. The molecule has 0 radical (unpaired) electrons. The van der Waals surface area contributed by atoms with Crippen LogP contribution in [0.4, 0.5) is 0 Å². The van der Waals surface area contributed by atoms with Crippen molar-refractivity contribution in [2.45, 2.75) is 64.8 Å². The summed E-state index contributed by atoms with van der Waals surface area (Å²) in [5, 5.41) is 3.03. The summed E-state index contributed by atoms with van der Waals surface area (Å²) < 4.78 is 0. The van der Waals surface area contributed by atoms with Crippen molar-refractivity contribution in [2.75, 3.05) is 32.7 Å². The first kappa shape index (κ1) is 21.8. The summed E-state index contributed by atoms with van der Waals surface area (Å²) in [6, 6.07) is 10.5. The van der Waals surface area contributed by atoms with Crippen LogP contribution in [0.3, 0.4) is 0 Å². The van der Waals surface area contributed by atoms with Crippen molar-refractivity contribution in [2.24, 2.45) is 5.41 Å². The lowest BCUT2D eigenvalue weighted by Crippen LogP contribution is -2.50. The Morgan fingerprint density at radius 1 is 1.10 bits per heavy atom. The molecule has 0 aromatic heterocycles. The molecule has 1 N–H and O–H groups in total. The van der Waals surface area contributed by atoms with Gasteiger partial charge in [0.15, 0.2) is 0 Å². The van der Waals surface area contributed by atoms with Crippen molar-refractivity contribution in [3.8, 4) is 0 Å². The second-order valence-electron chi connectivity index (χ2n) is 9.84. The van der Waals surface area contributed by atoms with E-state index in [0.717, 1.165) is 64.8 Å². The Labute approximate surface area is 175 Å². The lowest BCUT2D eigenvalue weighted by atomic mass is 9.78. The Morgan fingerprint density at radius 3 is 2.59 bits per heavy atom. The molecule has 2 saturated heterocycles. The second kappa shape index (κ2) is 9.29. The third-order valence-electron chi connectivity index (χ3n) is 6.16. The molecule has 0 saturated carbocycles. The van der Waals surface area contributed by atoms with Gasteiger partial charge in [-0.15, -0.1) is 0 Å². The van der Waals surface area contributed by atoms with Gasteiger partial charge in [-0.2, -0.15) is 0 Å². The molecule has 29 heavy (non-hydrogen) atoms. The minimum Gasteiger partial charge on any atom is -0.351 e. The number of likely N-dealkylation sites (tertiary alicyclic amines) is 2. The van der Waals surface area contributed by atoms with Crippen molar-refractivity contribution in [3.63, 3.8) is 0 Å². The minimum atomic E-state index is -0.217. The normalized spacial score (nSPS) is 23.0. The number of benzene rings is 1. The first-order chi connectivity index (χ1) is 13.8. The van der Waals surface area contributed by atoms with E-state index in [-0.39, 0.29) is 16.9 Å². The molecule has 0 bridgehead atoms. The summed E-state index contributed by atoms with van der Waals surface area (Å²) in [6.45, 7) is 10.2.